The first-order valence-electron chi connectivity index (χ1n) is 10.0. The predicted molar refractivity (Wildman–Crippen MR) is 108 cm³/mol. The Morgan fingerprint density at radius 2 is 1.90 bits per heavy atom. The SMILES string of the molecule is CC(C)Oc1cccc(C(=O)[C@@H]2CCCN(C(=O)c3ccc4c(c3)OCO4)C2)c1. The van der Waals surface area contributed by atoms with Crippen LogP contribution < -0.4 is 14.2 Å². The van der Waals surface area contributed by atoms with Gasteiger partial charge in [-0.3, -0.25) is 9.59 Å². The summed E-state index contributed by atoms with van der Waals surface area (Å²) in [6, 6.07) is 12.5. The van der Waals surface area contributed by atoms with E-state index >= 15 is 0 Å². The molecule has 2 aromatic carbocycles. The van der Waals surface area contributed by atoms with Crippen LogP contribution in [0.2, 0.25) is 0 Å². The molecule has 29 heavy (non-hydrogen) atoms. The number of nitrogens with zero attached hydrogens (tertiary/aromatic N) is 1. The molecule has 0 saturated carbocycles. The molecule has 1 saturated heterocycles. The summed E-state index contributed by atoms with van der Waals surface area (Å²) < 4.78 is 16.4. The second-order valence-corrected chi connectivity index (χ2v) is 7.72. The number of ketones is 1. The molecule has 152 valence electrons. The van der Waals surface area contributed by atoms with E-state index in [9.17, 15) is 9.59 Å². The van der Waals surface area contributed by atoms with E-state index in [0.29, 0.717) is 41.5 Å². The summed E-state index contributed by atoms with van der Waals surface area (Å²) in [5.74, 6) is 1.69. The Morgan fingerprint density at radius 1 is 1.07 bits per heavy atom. The van der Waals surface area contributed by atoms with Crippen LogP contribution in [0.3, 0.4) is 0 Å². The second kappa shape index (κ2) is 8.15. The van der Waals surface area contributed by atoms with Crippen LogP contribution in [0.1, 0.15) is 47.4 Å². The number of Topliss-reactive ketones (excluding diaryl/α,β-unsaturated/α-hetero) is 1. The summed E-state index contributed by atoms with van der Waals surface area (Å²) in [5.41, 5.74) is 1.18. The van der Waals surface area contributed by atoms with Crippen LogP contribution in [0, 0.1) is 5.92 Å². The average molecular weight is 395 g/mol. The first-order chi connectivity index (χ1) is 14.0. The Morgan fingerprint density at radius 3 is 2.72 bits per heavy atom. The van der Waals surface area contributed by atoms with E-state index in [1.807, 2.05) is 32.0 Å². The fourth-order valence-corrected chi connectivity index (χ4v) is 3.82. The lowest BCUT2D eigenvalue weighted by molar-refractivity contribution is 0.0636. The fourth-order valence-electron chi connectivity index (χ4n) is 3.82. The van der Waals surface area contributed by atoms with Gasteiger partial charge in [-0.2, -0.15) is 0 Å². The van der Waals surface area contributed by atoms with Gasteiger partial charge in [0.05, 0.1) is 6.10 Å². The van der Waals surface area contributed by atoms with Gasteiger partial charge in [-0.25, -0.2) is 0 Å². The van der Waals surface area contributed by atoms with Gasteiger partial charge in [0.1, 0.15) is 5.75 Å². The van der Waals surface area contributed by atoms with Crippen molar-refractivity contribution >= 4 is 11.7 Å². The number of hydrogen-bond acceptors (Lipinski definition) is 5. The number of benzene rings is 2. The first kappa shape index (κ1) is 19.3. The van der Waals surface area contributed by atoms with Crippen LogP contribution >= 0.6 is 0 Å². The van der Waals surface area contributed by atoms with Crippen molar-refractivity contribution in [1.29, 1.82) is 0 Å². The zero-order chi connectivity index (χ0) is 20.4. The number of carbonyl (C=O) groups excluding carboxylic acids is 2. The number of ether oxygens (including phenoxy) is 3. The first-order valence-corrected chi connectivity index (χ1v) is 10.0. The maximum absolute atomic E-state index is 13.1. The van der Waals surface area contributed by atoms with Crippen molar-refractivity contribution < 1.29 is 23.8 Å². The van der Waals surface area contributed by atoms with Gasteiger partial charge in [-0.05, 0) is 57.0 Å². The molecular formula is C23H25NO5. The molecule has 6 heteroatoms. The van der Waals surface area contributed by atoms with E-state index < -0.39 is 0 Å². The number of likely N-dealkylation sites (tertiary alicyclic amines) is 1. The Hall–Kier alpha value is -3.02. The number of fused-ring (bicyclic) bond motifs is 1. The minimum atomic E-state index is -0.212. The summed E-state index contributed by atoms with van der Waals surface area (Å²) in [7, 11) is 0. The second-order valence-electron chi connectivity index (χ2n) is 7.72. The molecule has 4 rings (SSSR count). The molecule has 6 nitrogen and oxygen atoms in total. The van der Waals surface area contributed by atoms with Crippen LogP contribution in [0.25, 0.3) is 0 Å². The van der Waals surface area contributed by atoms with E-state index in [2.05, 4.69) is 0 Å². The van der Waals surface area contributed by atoms with Crippen molar-refractivity contribution in [2.75, 3.05) is 19.9 Å². The fraction of sp³-hybridized carbons (Fsp3) is 0.391. The van der Waals surface area contributed by atoms with E-state index in [0.717, 1.165) is 12.8 Å². The zero-order valence-electron chi connectivity index (χ0n) is 16.7. The van der Waals surface area contributed by atoms with Crippen molar-refractivity contribution in [3.63, 3.8) is 0 Å². The van der Waals surface area contributed by atoms with Crippen LogP contribution in [0.4, 0.5) is 0 Å². The van der Waals surface area contributed by atoms with Gasteiger partial charge < -0.3 is 19.1 Å². The van der Waals surface area contributed by atoms with Gasteiger partial charge >= 0.3 is 0 Å². The van der Waals surface area contributed by atoms with Gasteiger partial charge in [0.2, 0.25) is 6.79 Å². The minimum Gasteiger partial charge on any atom is -0.491 e. The molecule has 1 amide bonds. The van der Waals surface area contributed by atoms with E-state index in [1.165, 1.54) is 0 Å². The van der Waals surface area contributed by atoms with Gasteiger partial charge in [0.15, 0.2) is 17.3 Å². The smallest absolute Gasteiger partial charge is 0.254 e. The summed E-state index contributed by atoms with van der Waals surface area (Å²) in [5, 5.41) is 0. The van der Waals surface area contributed by atoms with Crippen LogP contribution in [0.5, 0.6) is 17.2 Å². The minimum absolute atomic E-state index is 0.0462. The van der Waals surface area contributed by atoms with E-state index in [4.69, 9.17) is 14.2 Å². The molecule has 0 aromatic heterocycles. The lowest BCUT2D eigenvalue weighted by atomic mass is 9.89. The maximum atomic E-state index is 13.1. The normalized spacial score (nSPS) is 18.0. The molecule has 1 fully saturated rings. The molecule has 0 unspecified atom stereocenters. The van der Waals surface area contributed by atoms with Gasteiger partial charge in [0, 0.05) is 30.1 Å². The van der Waals surface area contributed by atoms with Gasteiger partial charge in [0.25, 0.3) is 5.91 Å². The van der Waals surface area contributed by atoms with E-state index in [-0.39, 0.29) is 30.5 Å². The highest BCUT2D eigenvalue weighted by atomic mass is 16.7. The Bertz CT molecular complexity index is 923. The van der Waals surface area contributed by atoms with Crippen LogP contribution in [-0.4, -0.2) is 42.6 Å². The number of amides is 1. The van der Waals surface area contributed by atoms with Crippen LogP contribution in [-0.2, 0) is 0 Å². The van der Waals surface area contributed by atoms with Crippen molar-refractivity contribution in [2.24, 2.45) is 5.92 Å². The molecule has 2 heterocycles. The standard InChI is InChI=1S/C23H25NO5/c1-15(2)29-19-7-3-5-16(11-19)22(25)18-6-4-10-24(13-18)23(26)17-8-9-20-21(12-17)28-14-27-20/h3,5,7-9,11-12,15,18H,4,6,10,13-14H2,1-2H3/t18-/m1/s1. The van der Waals surface area contributed by atoms with Crippen molar-refractivity contribution in [3.05, 3.63) is 53.6 Å². The molecule has 0 spiro atoms. The highest BCUT2D eigenvalue weighted by Gasteiger charge is 2.30. The largest absolute Gasteiger partial charge is 0.491 e. The van der Waals surface area contributed by atoms with Gasteiger partial charge in [-0.15, -0.1) is 0 Å². The molecule has 2 aromatic rings. The Labute approximate surface area is 170 Å². The zero-order valence-corrected chi connectivity index (χ0v) is 16.7. The molecule has 1 atom stereocenters. The number of piperidine rings is 1. The highest BCUT2D eigenvalue weighted by Crippen LogP contribution is 2.33. The highest BCUT2D eigenvalue weighted by molar-refractivity contribution is 5.99. The third kappa shape index (κ3) is 4.21. The molecule has 0 N–H and O–H groups in total. The quantitative estimate of drug-likeness (QED) is 0.718. The number of carbonyl (C=O) groups is 2. The van der Waals surface area contributed by atoms with Crippen molar-refractivity contribution in [2.45, 2.75) is 32.8 Å². The molecule has 2 aliphatic heterocycles. The van der Waals surface area contributed by atoms with Crippen molar-refractivity contribution in [3.8, 4) is 17.2 Å². The topological polar surface area (TPSA) is 65.1 Å². The van der Waals surface area contributed by atoms with Crippen LogP contribution in [0.15, 0.2) is 42.5 Å². The molecule has 0 aliphatic carbocycles. The number of hydrogen-bond donors (Lipinski definition) is 0. The molecule has 0 radical (unpaired) electrons. The maximum Gasteiger partial charge on any atom is 0.254 e. The Kier molecular flexibility index (Phi) is 5.43. The summed E-state index contributed by atoms with van der Waals surface area (Å²) in [4.78, 5) is 27.8. The Balaban J connectivity index is 1.46. The lowest BCUT2D eigenvalue weighted by Crippen LogP contribution is -2.42. The van der Waals surface area contributed by atoms with Crippen molar-refractivity contribution in [1.82, 2.24) is 4.90 Å². The third-order valence-corrected chi connectivity index (χ3v) is 5.19. The molecule has 0 bridgehead atoms. The number of rotatable bonds is 5. The van der Waals surface area contributed by atoms with E-state index in [1.54, 1.807) is 29.2 Å². The summed E-state index contributed by atoms with van der Waals surface area (Å²) >= 11 is 0. The molecule has 2 aliphatic rings. The third-order valence-electron chi connectivity index (χ3n) is 5.19. The lowest BCUT2D eigenvalue weighted by Gasteiger charge is -2.32. The summed E-state index contributed by atoms with van der Waals surface area (Å²) in [6.45, 7) is 5.15. The predicted octanol–water partition coefficient (Wildman–Crippen LogP) is 3.94. The van der Waals surface area contributed by atoms with Gasteiger partial charge in [-0.1, -0.05) is 12.1 Å². The summed E-state index contributed by atoms with van der Waals surface area (Å²) in [6.07, 6.45) is 1.62. The average Bonchev–Trinajstić information content (AvgIpc) is 3.20. The monoisotopic (exact) mass is 395 g/mol. The molecular weight excluding hydrogens is 370 g/mol.